The summed E-state index contributed by atoms with van der Waals surface area (Å²) in [6, 6.07) is 0. The highest BCUT2D eigenvalue weighted by atomic mass is 16.1. The van der Waals surface area contributed by atoms with E-state index >= 15 is 0 Å². The van der Waals surface area contributed by atoms with Crippen LogP contribution in [0.15, 0.2) is 18.0 Å². The van der Waals surface area contributed by atoms with E-state index in [2.05, 4.69) is 26.6 Å². The molecule has 1 heterocycles. The number of carbonyl (C=O) groups is 1. The molecule has 0 radical (unpaired) electrons. The first-order valence-corrected chi connectivity index (χ1v) is 6.63. The van der Waals surface area contributed by atoms with Crippen molar-refractivity contribution in [1.29, 1.82) is 0 Å². The predicted molar refractivity (Wildman–Crippen MR) is 68.9 cm³/mol. The van der Waals surface area contributed by atoms with Gasteiger partial charge in [-0.3, -0.25) is 9.89 Å². The van der Waals surface area contributed by atoms with E-state index in [0.717, 1.165) is 31.5 Å². The first-order chi connectivity index (χ1) is 8.84. The van der Waals surface area contributed by atoms with Crippen LogP contribution < -0.4 is 5.32 Å². The number of aromatic nitrogens is 3. The zero-order chi connectivity index (χ0) is 12.6. The van der Waals surface area contributed by atoms with E-state index < -0.39 is 0 Å². The molecule has 0 bridgehead atoms. The van der Waals surface area contributed by atoms with Gasteiger partial charge in [0.1, 0.15) is 12.2 Å². The van der Waals surface area contributed by atoms with Crippen molar-refractivity contribution < 1.29 is 4.79 Å². The Morgan fingerprint density at radius 3 is 3.11 bits per heavy atom. The molecule has 2 N–H and O–H groups in total. The number of allylic oxidation sites excluding steroid dienone is 1. The van der Waals surface area contributed by atoms with Gasteiger partial charge in [0.25, 0.3) is 0 Å². The Bertz CT molecular complexity index is 397. The molecule has 0 saturated heterocycles. The normalized spacial score (nSPS) is 15.2. The molecule has 0 aliphatic heterocycles. The molecule has 0 fully saturated rings. The highest BCUT2D eigenvalue weighted by Crippen LogP contribution is 2.19. The molecular weight excluding hydrogens is 228 g/mol. The second-order valence-electron chi connectivity index (χ2n) is 4.67. The van der Waals surface area contributed by atoms with Gasteiger partial charge in [-0.2, -0.15) is 5.10 Å². The average Bonchev–Trinajstić information content (AvgIpc) is 2.89. The van der Waals surface area contributed by atoms with Gasteiger partial charge >= 0.3 is 0 Å². The summed E-state index contributed by atoms with van der Waals surface area (Å²) in [6.45, 7) is 0.701. The summed E-state index contributed by atoms with van der Waals surface area (Å²) in [5.74, 6) is 1.01. The predicted octanol–water partition coefficient (Wildman–Crippen LogP) is 1.74. The lowest BCUT2D eigenvalue weighted by atomic mass is 9.97. The van der Waals surface area contributed by atoms with Gasteiger partial charge in [-0.25, -0.2) is 4.98 Å². The zero-order valence-electron chi connectivity index (χ0n) is 10.6. The summed E-state index contributed by atoms with van der Waals surface area (Å²) in [4.78, 5) is 15.7. The number of aryl methyl sites for hydroxylation is 1. The van der Waals surface area contributed by atoms with Crippen molar-refractivity contribution >= 4 is 5.91 Å². The average molecular weight is 248 g/mol. The van der Waals surface area contributed by atoms with Crippen LogP contribution in [0.3, 0.4) is 0 Å². The number of H-pyrrole nitrogens is 1. The molecule has 1 aromatic rings. The second-order valence-corrected chi connectivity index (χ2v) is 4.67. The van der Waals surface area contributed by atoms with Crippen molar-refractivity contribution in [2.24, 2.45) is 0 Å². The van der Waals surface area contributed by atoms with E-state index in [-0.39, 0.29) is 5.91 Å². The summed E-state index contributed by atoms with van der Waals surface area (Å²) in [5, 5.41) is 9.54. The van der Waals surface area contributed by atoms with Gasteiger partial charge in [0, 0.05) is 19.4 Å². The van der Waals surface area contributed by atoms with E-state index in [9.17, 15) is 4.79 Å². The molecule has 5 nitrogen and oxygen atoms in total. The fourth-order valence-electron chi connectivity index (χ4n) is 2.17. The Hall–Kier alpha value is -1.65. The van der Waals surface area contributed by atoms with Gasteiger partial charge in [0.2, 0.25) is 5.91 Å². The Morgan fingerprint density at radius 2 is 2.39 bits per heavy atom. The molecule has 5 heteroatoms. The van der Waals surface area contributed by atoms with E-state index in [1.807, 2.05) is 0 Å². The minimum atomic E-state index is 0.140. The van der Waals surface area contributed by atoms with E-state index in [1.54, 1.807) is 0 Å². The maximum atomic E-state index is 11.7. The van der Waals surface area contributed by atoms with Gasteiger partial charge < -0.3 is 5.32 Å². The van der Waals surface area contributed by atoms with Crippen LogP contribution in [0, 0.1) is 0 Å². The SMILES string of the molecule is O=C(CC1=CCCCC1)NCCCc1ncn[nH]1. The minimum absolute atomic E-state index is 0.140. The van der Waals surface area contributed by atoms with Crippen molar-refractivity contribution in [2.45, 2.75) is 44.9 Å². The van der Waals surface area contributed by atoms with Crippen LogP contribution in [0.1, 0.15) is 44.3 Å². The monoisotopic (exact) mass is 248 g/mol. The van der Waals surface area contributed by atoms with Crippen LogP contribution >= 0.6 is 0 Å². The fraction of sp³-hybridized carbons (Fsp3) is 0.615. The highest BCUT2D eigenvalue weighted by molar-refractivity contribution is 5.78. The van der Waals surface area contributed by atoms with Crippen LogP contribution in [-0.2, 0) is 11.2 Å². The number of amides is 1. The Morgan fingerprint density at radius 1 is 1.44 bits per heavy atom. The molecular formula is C13H20N4O. The lowest BCUT2D eigenvalue weighted by Crippen LogP contribution is -2.25. The maximum Gasteiger partial charge on any atom is 0.224 e. The Labute approximate surface area is 107 Å². The number of hydrogen-bond donors (Lipinski definition) is 2. The van der Waals surface area contributed by atoms with Gasteiger partial charge in [-0.05, 0) is 32.1 Å². The molecule has 98 valence electrons. The number of hydrogen-bond acceptors (Lipinski definition) is 3. The molecule has 1 amide bonds. The van der Waals surface area contributed by atoms with Crippen LogP contribution in [0.5, 0.6) is 0 Å². The summed E-state index contributed by atoms with van der Waals surface area (Å²) in [6.07, 6.45) is 10.7. The first-order valence-electron chi connectivity index (χ1n) is 6.63. The largest absolute Gasteiger partial charge is 0.356 e. The summed E-state index contributed by atoms with van der Waals surface area (Å²) in [5.41, 5.74) is 1.30. The van der Waals surface area contributed by atoms with Gasteiger partial charge in [0.05, 0.1) is 0 Å². The minimum Gasteiger partial charge on any atom is -0.356 e. The molecule has 1 aromatic heterocycles. The first kappa shape index (κ1) is 12.8. The van der Waals surface area contributed by atoms with Crippen LogP contribution in [-0.4, -0.2) is 27.6 Å². The van der Waals surface area contributed by atoms with Crippen molar-refractivity contribution in [3.8, 4) is 0 Å². The fourth-order valence-corrected chi connectivity index (χ4v) is 2.17. The number of rotatable bonds is 6. The van der Waals surface area contributed by atoms with Crippen molar-refractivity contribution in [3.63, 3.8) is 0 Å². The third-order valence-electron chi connectivity index (χ3n) is 3.15. The third-order valence-corrected chi connectivity index (χ3v) is 3.15. The molecule has 18 heavy (non-hydrogen) atoms. The van der Waals surface area contributed by atoms with Crippen LogP contribution in [0.4, 0.5) is 0 Å². The smallest absolute Gasteiger partial charge is 0.224 e. The zero-order valence-corrected chi connectivity index (χ0v) is 10.6. The van der Waals surface area contributed by atoms with Gasteiger partial charge in [0.15, 0.2) is 0 Å². The standard InChI is InChI=1S/C13H20N4O/c18-13(9-11-5-2-1-3-6-11)14-8-4-7-12-15-10-16-17-12/h5,10H,1-4,6-9H2,(H,14,18)(H,15,16,17). The quantitative estimate of drug-likeness (QED) is 0.595. The number of carbonyl (C=O) groups excluding carboxylic acids is 1. The molecule has 0 aromatic carbocycles. The maximum absolute atomic E-state index is 11.7. The van der Waals surface area contributed by atoms with Crippen LogP contribution in [0.2, 0.25) is 0 Å². The molecule has 0 saturated carbocycles. The lowest BCUT2D eigenvalue weighted by molar-refractivity contribution is -0.120. The molecule has 0 unspecified atom stereocenters. The second kappa shape index (κ2) is 6.93. The molecule has 0 spiro atoms. The van der Waals surface area contributed by atoms with Gasteiger partial charge in [-0.1, -0.05) is 11.6 Å². The molecule has 1 aliphatic rings. The Balaban J connectivity index is 1.58. The topological polar surface area (TPSA) is 70.7 Å². The van der Waals surface area contributed by atoms with Crippen molar-refractivity contribution in [3.05, 3.63) is 23.8 Å². The summed E-state index contributed by atoms with van der Waals surface area (Å²) < 4.78 is 0. The van der Waals surface area contributed by atoms with Gasteiger partial charge in [-0.15, -0.1) is 0 Å². The molecule has 1 aliphatic carbocycles. The van der Waals surface area contributed by atoms with Crippen molar-refractivity contribution in [1.82, 2.24) is 20.5 Å². The highest BCUT2D eigenvalue weighted by Gasteiger charge is 2.08. The van der Waals surface area contributed by atoms with Crippen molar-refractivity contribution in [2.75, 3.05) is 6.54 Å². The Kier molecular flexibility index (Phi) is 4.93. The summed E-state index contributed by atoms with van der Waals surface area (Å²) >= 11 is 0. The van der Waals surface area contributed by atoms with E-state index in [0.29, 0.717) is 13.0 Å². The number of nitrogens with one attached hydrogen (secondary N) is 2. The lowest BCUT2D eigenvalue weighted by Gasteiger charge is -2.12. The van der Waals surface area contributed by atoms with E-state index in [1.165, 1.54) is 24.7 Å². The summed E-state index contributed by atoms with van der Waals surface area (Å²) in [7, 11) is 0. The molecule has 2 rings (SSSR count). The third kappa shape index (κ3) is 4.31. The number of nitrogens with zero attached hydrogens (tertiary/aromatic N) is 2. The molecule has 0 atom stereocenters. The van der Waals surface area contributed by atoms with E-state index in [4.69, 9.17) is 0 Å². The number of aromatic amines is 1. The van der Waals surface area contributed by atoms with Crippen LogP contribution in [0.25, 0.3) is 0 Å².